The first kappa shape index (κ1) is 12.8. The van der Waals surface area contributed by atoms with E-state index in [0.717, 1.165) is 22.3 Å². The minimum absolute atomic E-state index is 0.296. The van der Waals surface area contributed by atoms with E-state index in [4.69, 9.17) is 9.47 Å². The van der Waals surface area contributed by atoms with Gasteiger partial charge in [0.05, 0.1) is 5.92 Å². The summed E-state index contributed by atoms with van der Waals surface area (Å²) >= 11 is 0. The summed E-state index contributed by atoms with van der Waals surface area (Å²) in [5, 5.41) is 0. The zero-order chi connectivity index (χ0) is 13.9. The van der Waals surface area contributed by atoms with Crippen LogP contribution in [-0.2, 0) is 14.3 Å². The highest BCUT2D eigenvalue weighted by atomic mass is 19.1. The van der Waals surface area contributed by atoms with Gasteiger partial charge in [-0.2, -0.15) is 0 Å². The van der Waals surface area contributed by atoms with Crippen molar-refractivity contribution in [1.82, 2.24) is 0 Å². The van der Waals surface area contributed by atoms with Gasteiger partial charge in [-0.1, -0.05) is 48.5 Å². The van der Waals surface area contributed by atoms with Gasteiger partial charge in [0.25, 0.3) is 6.47 Å². The second kappa shape index (κ2) is 5.43. The van der Waals surface area contributed by atoms with Gasteiger partial charge in [-0.3, -0.25) is 4.79 Å². The van der Waals surface area contributed by atoms with Gasteiger partial charge in [0.15, 0.2) is 6.86 Å². The minimum Gasteiger partial charge on any atom is -0.437 e. The SMILES string of the molecule is O=COC(OCF)C1c2ccccc2-c2ccccc21. The maximum Gasteiger partial charge on any atom is 0.295 e. The third-order valence-corrected chi connectivity index (χ3v) is 3.57. The van der Waals surface area contributed by atoms with Crippen molar-refractivity contribution >= 4 is 6.47 Å². The monoisotopic (exact) mass is 272 g/mol. The van der Waals surface area contributed by atoms with E-state index < -0.39 is 13.2 Å². The van der Waals surface area contributed by atoms with Crippen molar-refractivity contribution in [1.29, 1.82) is 0 Å². The lowest BCUT2D eigenvalue weighted by Crippen LogP contribution is -2.24. The molecule has 0 radical (unpaired) electrons. The molecule has 1 atom stereocenters. The van der Waals surface area contributed by atoms with Crippen LogP contribution >= 0.6 is 0 Å². The highest BCUT2D eigenvalue weighted by Crippen LogP contribution is 2.46. The Kier molecular flexibility index (Phi) is 3.48. The van der Waals surface area contributed by atoms with E-state index in [1.54, 1.807) is 0 Å². The third-order valence-electron chi connectivity index (χ3n) is 3.57. The summed E-state index contributed by atoms with van der Waals surface area (Å²) in [7, 11) is 0. The molecular weight excluding hydrogens is 259 g/mol. The highest BCUT2D eigenvalue weighted by Gasteiger charge is 2.36. The molecule has 2 aromatic carbocycles. The predicted octanol–water partition coefficient (Wildman–Crippen LogP) is 3.24. The molecule has 0 saturated carbocycles. The Labute approximate surface area is 115 Å². The molecule has 1 aliphatic carbocycles. The second-order valence-corrected chi connectivity index (χ2v) is 4.53. The first-order valence-corrected chi connectivity index (χ1v) is 6.31. The van der Waals surface area contributed by atoms with Crippen molar-refractivity contribution in [3.8, 4) is 11.1 Å². The standard InChI is InChI=1S/C16H13FO3/c17-9-19-16(20-10-18)15-13-7-3-1-5-11(13)12-6-2-4-8-14(12)15/h1-8,10,15-16H,9H2. The smallest absolute Gasteiger partial charge is 0.295 e. The number of halogens is 1. The summed E-state index contributed by atoms with van der Waals surface area (Å²) in [6.45, 7) is -0.705. The van der Waals surface area contributed by atoms with Crippen molar-refractivity contribution in [3.63, 3.8) is 0 Å². The fourth-order valence-electron chi connectivity index (χ4n) is 2.82. The molecule has 0 spiro atoms. The van der Waals surface area contributed by atoms with E-state index in [1.165, 1.54) is 0 Å². The van der Waals surface area contributed by atoms with Crippen LogP contribution in [0.25, 0.3) is 11.1 Å². The average Bonchev–Trinajstić information content (AvgIpc) is 2.82. The van der Waals surface area contributed by atoms with Crippen molar-refractivity contribution in [2.24, 2.45) is 0 Å². The van der Waals surface area contributed by atoms with Gasteiger partial charge in [-0.25, -0.2) is 4.39 Å². The van der Waals surface area contributed by atoms with Crippen LogP contribution in [0.2, 0.25) is 0 Å². The van der Waals surface area contributed by atoms with E-state index in [1.807, 2.05) is 48.5 Å². The zero-order valence-corrected chi connectivity index (χ0v) is 10.7. The topological polar surface area (TPSA) is 35.5 Å². The Morgan fingerprint density at radius 2 is 1.60 bits per heavy atom. The molecule has 1 unspecified atom stereocenters. The first-order chi connectivity index (χ1) is 9.86. The molecule has 0 heterocycles. The Morgan fingerprint density at radius 1 is 1.05 bits per heavy atom. The summed E-state index contributed by atoms with van der Waals surface area (Å²) in [5.41, 5.74) is 4.09. The Morgan fingerprint density at radius 3 is 2.10 bits per heavy atom. The van der Waals surface area contributed by atoms with Gasteiger partial charge in [-0.15, -0.1) is 0 Å². The van der Waals surface area contributed by atoms with Crippen LogP contribution in [0.3, 0.4) is 0 Å². The number of hydrogen-bond acceptors (Lipinski definition) is 3. The summed E-state index contributed by atoms with van der Waals surface area (Å²) in [4.78, 5) is 10.6. The highest BCUT2D eigenvalue weighted by molar-refractivity contribution is 5.79. The quantitative estimate of drug-likeness (QED) is 0.619. The maximum atomic E-state index is 12.6. The van der Waals surface area contributed by atoms with E-state index in [9.17, 15) is 9.18 Å². The normalized spacial score (nSPS) is 14.4. The molecule has 0 fully saturated rings. The molecule has 1 aliphatic rings. The molecule has 2 aromatic rings. The summed E-state index contributed by atoms with van der Waals surface area (Å²) in [5.74, 6) is -0.302. The van der Waals surface area contributed by atoms with Gasteiger partial charge in [0.2, 0.25) is 6.29 Å². The number of alkyl halides is 1. The van der Waals surface area contributed by atoms with Crippen LogP contribution in [0.1, 0.15) is 17.0 Å². The Balaban J connectivity index is 2.12. The number of benzene rings is 2. The van der Waals surface area contributed by atoms with Crippen LogP contribution in [0.5, 0.6) is 0 Å². The molecule has 0 saturated heterocycles. The van der Waals surface area contributed by atoms with Crippen LogP contribution in [0, 0.1) is 0 Å². The van der Waals surface area contributed by atoms with Gasteiger partial charge >= 0.3 is 0 Å². The van der Waals surface area contributed by atoms with Gasteiger partial charge in [0, 0.05) is 0 Å². The van der Waals surface area contributed by atoms with Crippen LogP contribution in [0.15, 0.2) is 48.5 Å². The Bertz CT molecular complexity index is 581. The van der Waals surface area contributed by atoms with Crippen LogP contribution in [-0.4, -0.2) is 19.6 Å². The molecule has 0 aromatic heterocycles. The fourth-order valence-corrected chi connectivity index (χ4v) is 2.82. The molecule has 0 N–H and O–H groups in total. The number of hydrogen-bond donors (Lipinski definition) is 0. The molecule has 3 rings (SSSR count). The molecule has 0 bridgehead atoms. The predicted molar refractivity (Wildman–Crippen MR) is 71.7 cm³/mol. The van der Waals surface area contributed by atoms with Crippen LogP contribution < -0.4 is 0 Å². The van der Waals surface area contributed by atoms with Gasteiger partial charge in [-0.05, 0) is 22.3 Å². The molecule has 20 heavy (non-hydrogen) atoms. The zero-order valence-electron chi connectivity index (χ0n) is 10.7. The number of fused-ring (bicyclic) bond motifs is 3. The molecule has 0 aliphatic heterocycles. The molecule has 4 heteroatoms. The summed E-state index contributed by atoms with van der Waals surface area (Å²) in [6.07, 6.45) is -0.956. The van der Waals surface area contributed by atoms with Crippen molar-refractivity contribution < 1.29 is 18.7 Å². The number of carbonyl (C=O) groups excluding carboxylic acids is 1. The molecular formula is C16H13FO3. The lowest BCUT2D eigenvalue weighted by atomic mass is 9.96. The van der Waals surface area contributed by atoms with E-state index in [-0.39, 0.29) is 5.92 Å². The van der Waals surface area contributed by atoms with Crippen molar-refractivity contribution in [3.05, 3.63) is 59.7 Å². The first-order valence-electron chi connectivity index (χ1n) is 6.31. The molecule has 0 amide bonds. The van der Waals surface area contributed by atoms with E-state index >= 15 is 0 Å². The maximum absolute atomic E-state index is 12.6. The number of ether oxygens (including phenoxy) is 2. The minimum atomic E-state index is -1.00. The third kappa shape index (κ3) is 1.98. The van der Waals surface area contributed by atoms with E-state index in [2.05, 4.69) is 0 Å². The van der Waals surface area contributed by atoms with E-state index in [0.29, 0.717) is 6.47 Å². The van der Waals surface area contributed by atoms with Crippen LogP contribution in [0.4, 0.5) is 4.39 Å². The molecule has 102 valence electrons. The van der Waals surface area contributed by atoms with Crippen molar-refractivity contribution in [2.75, 3.05) is 6.86 Å². The van der Waals surface area contributed by atoms with Gasteiger partial charge < -0.3 is 9.47 Å². The lowest BCUT2D eigenvalue weighted by Gasteiger charge is -2.22. The van der Waals surface area contributed by atoms with Gasteiger partial charge in [0.1, 0.15) is 0 Å². The number of rotatable bonds is 5. The number of carbonyl (C=O) groups is 1. The fraction of sp³-hybridized carbons (Fsp3) is 0.188. The average molecular weight is 272 g/mol. The summed E-state index contributed by atoms with van der Waals surface area (Å²) < 4.78 is 22.5. The summed E-state index contributed by atoms with van der Waals surface area (Å²) in [6, 6.07) is 15.6. The van der Waals surface area contributed by atoms with Crippen molar-refractivity contribution in [2.45, 2.75) is 12.2 Å². The second-order valence-electron chi connectivity index (χ2n) is 4.53. The molecule has 3 nitrogen and oxygen atoms in total. The lowest BCUT2D eigenvalue weighted by molar-refractivity contribution is -0.176. The largest absolute Gasteiger partial charge is 0.437 e. The Hall–Kier alpha value is -2.20.